The number of nitrogens with two attached hydrogens (primary N) is 1. The SMILES string of the molecule is NCC/C=[N+](\O)c1ccccc1. The number of hydrogen-bond donors (Lipinski definition) is 2. The van der Waals surface area contributed by atoms with Gasteiger partial charge in [0.2, 0.25) is 6.21 Å². The molecule has 0 fully saturated rings. The summed E-state index contributed by atoms with van der Waals surface area (Å²) in [6.45, 7) is 0.546. The smallest absolute Gasteiger partial charge is 0.256 e. The van der Waals surface area contributed by atoms with E-state index in [2.05, 4.69) is 0 Å². The van der Waals surface area contributed by atoms with Crippen molar-refractivity contribution in [1.82, 2.24) is 0 Å². The van der Waals surface area contributed by atoms with Gasteiger partial charge < -0.3 is 5.73 Å². The fourth-order valence-electron chi connectivity index (χ4n) is 0.883. The monoisotopic (exact) mass is 165 g/mol. The lowest BCUT2D eigenvalue weighted by Crippen LogP contribution is -2.06. The Labute approximate surface area is 71.7 Å². The van der Waals surface area contributed by atoms with Crippen molar-refractivity contribution in [2.75, 3.05) is 6.54 Å². The van der Waals surface area contributed by atoms with Crippen molar-refractivity contribution in [3.8, 4) is 0 Å². The minimum Gasteiger partial charge on any atom is -0.330 e. The van der Waals surface area contributed by atoms with Crippen LogP contribution in [0.25, 0.3) is 0 Å². The third kappa shape index (κ3) is 2.36. The second kappa shape index (κ2) is 4.51. The molecule has 3 N–H and O–H groups in total. The minimum atomic E-state index is 0.546. The van der Waals surface area contributed by atoms with E-state index in [-0.39, 0.29) is 0 Å². The first-order chi connectivity index (χ1) is 5.84. The van der Waals surface area contributed by atoms with Crippen LogP contribution in [0, 0.1) is 0 Å². The van der Waals surface area contributed by atoms with Crippen molar-refractivity contribution in [1.29, 1.82) is 0 Å². The lowest BCUT2D eigenvalue weighted by molar-refractivity contribution is -0.710. The molecular formula is C9H13N2O+. The average molecular weight is 165 g/mol. The Balaban J connectivity index is 2.71. The van der Waals surface area contributed by atoms with E-state index in [4.69, 9.17) is 5.73 Å². The number of benzene rings is 1. The van der Waals surface area contributed by atoms with Gasteiger partial charge in [0.25, 0.3) is 5.69 Å². The van der Waals surface area contributed by atoms with Gasteiger partial charge in [0.15, 0.2) is 0 Å². The van der Waals surface area contributed by atoms with Gasteiger partial charge in [0.05, 0.1) is 0 Å². The van der Waals surface area contributed by atoms with Crippen LogP contribution in [0.4, 0.5) is 5.69 Å². The van der Waals surface area contributed by atoms with Crippen molar-refractivity contribution in [2.45, 2.75) is 6.42 Å². The molecule has 1 aromatic carbocycles. The van der Waals surface area contributed by atoms with Gasteiger partial charge >= 0.3 is 0 Å². The molecule has 0 amide bonds. The summed E-state index contributed by atoms with van der Waals surface area (Å²) in [5, 5.41) is 9.37. The molecule has 3 heteroatoms. The highest BCUT2D eigenvalue weighted by Crippen LogP contribution is 2.06. The molecule has 0 aliphatic carbocycles. The van der Waals surface area contributed by atoms with Crippen molar-refractivity contribution < 1.29 is 9.95 Å². The Morgan fingerprint density at radius 2 is 2.00 bits per heavy atom. The highest BCUT2D eigenvalue weighted by Gasteiger charge is 2.03. The topological polar surface area (TPSA) is 49.3 Å². The van der Waals surface area contributed by atoms with Gasteiger partial charge in [-0.3, -0.25) is 5.21 Å². The van der Waals surface area contributed by atoms with Gasteiger partial charge in [-0.05, 0) is 0 Å². The van der Waals surface area contributed by atoms with Crippen molar-refractivity contribution in [2.24, 2.45) is 5.73 Å². The molecule has 64 valence electrons. The Morgan fingerprint density at radius 1 is 1.33 bits per heavy atom. The van der Waals surface area contributed by atoms with E-state index < -0.39 is 0 Å². The Hall–Kier alpha value is -1.35. The highest BCUT2D eigenvalue weighted by atomic mass is 16.5. The van der Waals surface area contributed by atoms with Gasteiger partial charge in [-0.15, -0.1) is 0 Å². The van der Waals surface area contributed by atoms with Gasteiger partial charge in [0, 0.05) is 29.8 Å². The lowest BCUT2D eigenvalue weighted by atomic mass is 10.3. The van der Waals surface area contributed by atoms with Crippen LogP contribution in [-0.4, -0.2) is 22.7 Å². The Kier molecular flexibility index (Phi) is 3.29. The van der Waals surface area contributed by atoms with Crippen molar-refractivity contribution in [3.63, 3.8) is 0 Å². The zero-order valence-electron chi connectivity index (χ0n) is 6.85. The lowest BCUT2D eigenvalue weighted by Gasteiger charge is -1.90. The Morgan fingerprint density at radius 3 is 2.58 bits per heavy atom. The molecule has 0 unspecified atom stereocenters. The molecular weight excluding hydrogens is 152 g/mol. The molecule has 0 aliphatic rings. The van der Waals surface area contributed by atoms with Gasteiger partial charge in [0.1, 0.15) is 0 Å². The van der Waals surface area contributed by atoms with Crippen LogP contribution in [-0.2, 0) is 0 Å². The summed E-state index contributed by atoms with van der Waals surface area (Å²) in [5.74, 6) is 0. The number of hydrogen-bond acceptors (Lipinski definition) is 2. The van der Waals surface area contributed by atoms with E-state index >= 15 is 0 Å². The summed E-state index contributed by atoms with van der Waals surface area (Å²) in [4.78, 5) is 0. The van der Waals surface area contributed by atoms with Gasteiger partial charge in [-0.1, -0.05) is 18.2 Å². The first kappa shape index (κ1) is 8.74. The first-order valence-electron chi connectivity index (χ1n) is 3.91. The van der Waals surface area contributed by atoms with E-state index in [1.165, 1.54) is 0 Å². The highest BCUT2D eigenvalue weighted by molar-refractivity contribution is 5.53. The van der Waals surface area contributed by atoms with Gasteiger partial charge in [-0.2, -0.15) is 0 Å². The summed E-state index contributed by atoms with van der Waals surface area (Å²) < 4.78 is 1.09. The summed E-state index contributed by atoms with van der Waals surface area (Å²) in [5.41, 5.74) is 6.04. The molecule has 1 rings (SSSR count). The van der Waals surface area contributed by atoms with Crippen LogP contribution >= 0.6 is 0 Å². The second-order valence-corrected chi connectivity index (χ2v) is 2.44. The number of rotatable bonds is 3. The largest absolute Gasteiger partial charge is 0.330 e. The number of para-hydroxylation sites is 1. The van der Waals surface area contributed by atoms with Crippen LogP contribution in [0.15, 0.2) is 30.3 Å². The average Bonchev–Trinajstić information content (AvgIpc) is 2.15. The maximum Gasteiger partial charge on any atom is 0.256 e. The maximum atomic E-state index is 9.37. The van der Waals surface area contributed by atoms with Crippen LogP contribution < -0.4 is 5.73 Å². The summed E-state index contributed by atoms with van der Waals surface area (Å²) in [6, 6.07) is 9.30. The van der Waals surface area contributed by atoms with Crippen LogP contribution in [0.2, 0.25) is 0 Å². The predicted octanol–water partition coefficient (Wildman–Crippen LogP) is 1.14. The van der Waals surface area contributed by atoms with Crippen LogP contribution in [0.3, 0.4) is 0 Å². The third-order valence-corrected chi connectivity index (χ3v) is 1.49. The molecule has 0 saturated carbocycles. The molecule has 0 heterocycles. The molecule has 1 aromatic rings. The van der Waals surface area contributed by atoms with E-state index in [1.807, 2.05) is 30.3 Å². The minimum absolute atomic E-state index is 0.546. The molecule has 3 nitrogen and oxygen atoms in total. The summed E-state index contributed by atoms with van der Waals surface area (Å²) >= 11 is 0. The quantitative estimate of drug-likeness (QED) is 0.305. The molecule has 0 bridgehead atoms. The molecule has 0 radical (unpaired) electrons. The standard InChI is InChI=1S/C9H13N2O/c10-7-4-8-11(12)9-5-2-1-3-6-9/h1-3,5-6,8,12H,4,7,10H2/q+1/b11-8-. The molecule has 0 aromatic heterocycles. The Bertz CT molecular complexity index is 256. The zero-order chi connectivity index (χ0) is 8.81. The second-order valence-electron chi connectivity index (χ2n) is 2.44. The molecule has 0 saturated heterocycles. The fourth-order valence-corrected chi connectivity index (χ4v) is 0.883. The number of nitrogens with zero attached hydrogens (tertiary/aromatic N) is 1. The predicted molar refractivity (Wildman–Crippen MR) is 47.9 cm³/mol. The maximum absolute atomic E-state index is 9.37. The van der Waals surface area contributed by atoms with E-state index in [0.29, 0.717) is 13.0 Å². The van der Waals surface area contributed by atoms with E-state index in [0.717, 1.165) is 10.4 Å². The van der Waals surface area contributed by atoms with E-state index in [9.17, 15) is 5.21 Å². The molecule has 0 aliphatic heterocycles. The van der Waals surface area contributed by atoms with Crippen molar-refractivity contribution in [3.05, 3.63) is 30.3 Å². The van der Waals surface area contributed by atoms with E-state index in [1.54, 1.807) is 6.21 Å². The van der Waals surface area contributed by atoms with Crippen LogP contribution in [0.1, 0.15) is 6.42 Å². The van der Waals surface area contributed by atoms with Gasteiger partial charge in [-0.25, -0.2) is 0 Å². The summed E-state index contributed by atoms with van der Waals surface area (Å²) in [7, 11) is 0. The van der Waals surface area contributed by atoms with Crippen molar-refractivity contribution >= 4 is 11.9 Å². The molecule has 0 atom stereocenters. The summed E-state index contributed by atoms with van der Waals surface area (Å²) in [6.07, 6.45) is 2.32. The van der Waals surface area contributed by atoms with Crippen LogP contribution in [0.5, 0.6) is 0 Å². The third-order valence-electron chi connectivity index (χ3n) is 1.49. The fraction of sp³-hybridized carbons (Fsp3) is 0.222. The molecule has 0 spiro atoms. The zero-order valence-corrected chi connectivity index (χ0v) is 6.85. The molecule has 12 heavy (non-hydrogen) atoms. The normalized spacial score (nSPS) is 11.6. The first-order valence-corrected chi connectivity index (χ1v) is 3.91.